The van der Waals surface area contributed by atoms with E-state index in [1.807, 2.05) is 30.0 Å². The molecule has 1 aliphatic heterocycles. The molecule has 1 saturated heterocycles. The molecular formula is C17H25ClN2O. The SMILES string of the molecule is Cc1cccc(C(=O)N2CCCC(CNC(C)C)C2)c1Cl. The normalized spacial score (nSPS) is 19.1. The summed E-state index contributed by atoms with van der Waals surface area (Å²) in [7, 11) is 0. The molecule has 1 unspecified atom stereocenters. The van der Waals surface area contributed by atoms with E-state index >= 15 is 0 Å². The van der Waals surface area contributed by atoms with Gasteiger partial charge in [-0.05, 0) is 43.9 Å². The average molecular weight is 309 g/mol. The minimum atomic E-state index is 0.0675. The molecule has 1 aromatic carbocycles. The standard InChI is InChI=1S/C17H25ClN2O/c1-12(2)19-10-14-7-5-9-20(11-14)17(21)15-8-4-6-13(3)16(15)18/h4,6,8,12,14,19H,5,7,9-11H2,1-3H3. The van der Waals surface area contributed by atoms with Crippen molar-refractivity contribution in [1.82, 2.24) is 10.2 Å². The lowest BCUT2D eigenvalue weighted by atomic mass is 9.97. The van der Waals surface area contributed by atoms with Gasteiger partial charge >= 0.3 is 0 Å². The number of carbonyl (C=O) groups is 1. The van der Waals surface area contributed by atoms with Crippen LogP contribution < -0.4 is 5.32 Å². The van der Waals surface area contributed by atoms with Crippen molar-refractivity contribution >= 4 is 17.5 Å². The monoisotopic (exact) mass is 308 g/mol. The maximum absolute atomic E-state index is 12.7. The van der Waals surface area contributed by atoms with Gasteiger partial charge in [-0.3, -0.25) is 4.79 Å². The molecular weight excluding hydrogens is 284 g/mol. The number of rotatable bonds is 4. The number of nitrogens with zero attached hydrogens (tertiary/aromatic N) is 1. The molecule has 0 bridgehead atoms. The summed E-state index contributed by atoms with van der Waals surface area (Å²) in [6.45, 7) is 8.87. The van der Waals surface area contributed by atoms with Crippen LogP contribution in [0.3, 0.4) is 0 Å². The second-order valence-corrected chi connectivity index (χ2v) is 6.64. The fourth-order valence-corrected chi connectivity index (χ4v) is 3.01. The highest BCUT2D eigenvalue weighted by Gasteiger charge is 2.25. The van der Waals surface area contributed by atoms with Crippen molar-refractivity contribution in [2.75, 3.05) is 19.6 Å². The molecule has 1 aliphatic rings. The van der Waals surface area contributed by atoms with E-state index in [-0.39, 0.29) is 5.91 Å². The molecule has 1 fully saturated rings. The summed E-state index contributed by atoms with van der Waals surface area (Å²) in [5, 5.41) is 4.06. The summed E-state index contributed by atoms with van der Waals surface area (Å²) in [6.07, 6.45) is 2.25. The lowest BCUT2D eigenvalue weighted by molar-refractivity contribution is 0.0672. The molecule has 21 heavy (non-hydrogen) atoms. The van der Waals surface area contributed by atoms with Crippen LogP contribution in [0.25, 0.3) is 0 Å². The van der Waals surface area contributed by atoms with Crippen LogP contribution >= 0.6 is 11.6 Å². The number of hydrogen-bond acceptors (Lipinski definition) is 2. The highest BCUT2D eigenvalue weighted by molar-refractivity contribution is 6.34. The average Bonchev–Trinajstić information content (AvgIpc) is 2.47. The fraction of sp³-hybridized carbons (Fsp3) is 0.588. The van der Waals surface area contributed by atoms with E-state index in [2.05, 4.69) is 19.2 Å². The predicted octanol–water partition coefficient (Wildman–Crippen LogP) is 3.50. The zero-order valence-electron chi connectivity index (χ0n) is 13.2. The Bertz CT molecular complexity index is 502. The molecule has 0 radical (unpaired) electrons. The smallest absolute Gasteiger partial charge is 0.255 e. The Morgan fingerprint density at radius 2 is 2.24 bits per heavy atom. The van der Waals surface area contributed by atoms with E-state index in [0.717, 1.165) is 31.6 Å². The summed E-state index contributed by atoms with van der Waals surface area (Å²) < 4.78 is 0. The van der Waals surface area contributed by atoms with Gasteiger partial charge in [0.25, 0.3) is 5.91 Å². The molecule has 116 valence electrons. The minimum absolute atomic E-state index is 0.0675. The number of hydrogen-bond donors (Lipinski definition) is 1. The lowest BCUT2D eigenvalue weighted by Crippen LogP contribution is -2.43. The number of likely N-dealkylation sites (tertiary alicyclic amines) is 1. The number of amides is 1. The highest BCUT2D eigenvalue weighted by atomic mass is 35.5. The van der Waals surface area contributed by atoms with E-state index in [0.29, 0.717) is 22.5 Å². The predicted molar refractivity (Wildman–Crippen MR) is 88.0 cm³/mol. The third-order valence-corrected chi connectivity index (χ3v) is 4.54. The van der Waals surface area contributed by atoms with Gasteiger partial charge in [0.1, 0.15) is 0 Å². The zero-order valence-corrected chi connectivity index (χ0v) is 13.9. The first-order chi connectivity index (χ1) is 9.99. The summed E-state index contributed by atoms with van der Waals surface area (Å²) in [5.41, 5.74) is 1.59. The van der Waals surface area contributed by atoms with Crippen LogP contribution in [-0.2, 0) is 0 Å². The molecule has 4 heteroatoms. The van der Waals surface area contributed by atoms with Crippen LogP contribution in [0, 0.1) is 12.8 Å². The van der Waals surface area contributed by atoms with Gasteiger partial charge in [0.15, 0.2) is 0 Å². The van der Waals surface area contributed by atoms with Crippen molar-refractivity contribution in [3.05, 3.63) is 34.3 Å². The van der Waals surface area contributed by atoms with Crippen LogP contribution in [0.2, 0.25) is 5.02 Å². The van der Waals surface area contributed by atoms with Crippen molar-refractivity contribution < 1.29 is 4.79 Å². The molecule has 1 aromatic rings. The van der Waals surface area contributed by atoms with Crippen molar-refractivity contribution in [3.63, 3.8) is 0 Å². The third kappa shape index (κ3) is 4.21. The number of aryl methyl sites for hydroxylation is 1. The van der Waals surface area contributed by atoms with E-state index in [4.69, 9.17) is 11.6 Å². The Labute approximate surface area is 132 Å². The highest BCUT2D eigenvalue weighted by Crippen LogP contribution is 2.24. The number of benzene rings is 1. The van der Waals surface area contributed by atoms with E-state index < -0.39 is 0 Å². The van der Waals surface area contributed by atoms with Gasteiger partial charge in [-0.2, -0.15) is 0 Å². The van der Waals surface area contributed by atoms with E-state index in [9.17, 15) is 4.79 Å². The Kier molecular flexibility index (Phi) is 5.65. The Morgan fingerprint density at radius 1 is 1.48 bits per heavy atom. The van der Waals surface area contributed by atoms with Crippen LogP contribution in [0.4, 0.5) is 0 Å². The van der Waals surface area contributed by atoms with E-state index in [1.54, 1.807) is 0 Å². The maximum Gasteiger partial charge on any atom is 0.255 e. The Hall–Kier alpha value is -1.06. The molecule has 0 aliphatic carbocycles. The molecule has 2 rings (SSSR count). The van der Waals surface area contributed by atoms with Gasteiger partial charge in [-0.15, -0.1) is 0 Å². The summed E-state index contributed by atoms with van der Waals surface area (Å²) in [5.74, 6) is 0.603. The zero-order chi connectivity index (χ0) is 15.4. The largest absolute Gasteiger partial charge is 0.338 e. The second-order valence-electron chi connectivity index (χ2n) is 6.26. The van der Waals surface area contributed by atoms with Gasteiger partial charge in [0.05, 0.1) is 10.6 Å². The first-order valence-corrected chi connectivity index (χ1v) is 8.14. The van der Waals surface area contributed by atoms with Crippen molar-refractivity contribution in [1.29, 1.82) is 0 Å². The lowest BCUT2D eigenvalue weighted by Gasteiger charge is -2.33. The quantitative estimate of drug-likeness (QED) is 0.923. The van der Waals surface area contributed by atoms with Crippen LogP contribution in [0.15, 0.2) is 18.2 Å². The molecule has 0 saturated carbocycles. The molecule has 1 atom stereocenters. The van der Waals surface area contributed by atoms with Crippen LogP contribution in [0.1, 0.15) is 42.6 Å². The number of nitrogens with one attached hydrogen (secondary N) is 1. The minimum Gasteiger partial charge on any atom is -0.338 e. The summed E-state index contributed by atoms with van der Waals surface area (Å²) in [4.78, 5) is 14.6. The molecule has 0 spiro atoms. The second kappa shape index (κ2) is 7.28. The molecule has 1 amide bonds. The van der Waals surface area contributed by atoms with Gasteiger partial charge in [-0.1, -0.05) is 37.6 Å². The first kappa shape index (κ1) is 16.3. The number of piperidine rings is 1. The van der Waals surface area contributed by atoms with Gasteiger partial charge in [0, 0.05) is 19.1 Å². The molecule has 1 heterocycles. The van der Waals surface area contributed by atoms with E-state index in [1.165, 1.54) is 6.42 Å². The van der Waals surface area contributed by atoms with Gasteiger partial charge < -0.3 is 10.2 Å². The van der Waals surface area contributed by atoms with Crippen molar-refractivity contribution in [3.8, 4) is 0 Å². The van der Waals surface area contributed by atoms with Gasteiger partial charge in [0.2, 0.25) is 0 Å². The third-order valence-electron chi connectivity index (χ3n) is 4.04. The topological polar surface area (TPSA) is 32.3 Å². The summed E-state index contributed by atoms with van der Waals surface area (Å²) >= 11 is 6.29. The van der Waals surface area contributed by atoms with Crippen molar-refractivity contribution in [2.45, 2.75) is 39.7 Å². The summed E-state index contributed by atoms with van der Waals surface area (Å²) in [6, 6.07) is 6.15. The van der Waals surface area contributed by atoms with Crippen LogP contribution in [0.5, 0.6) is 0 Å². The van der Waals surface area contributed by atoms with Crippen LogP contribution in [-0.4, -0.2) is 36.5 Å². The number of carbonyl (C=O) groups excluding carboxylic acids is 1. The number of halogens is 1. The first-order valence-electron chi connectivity index (χ1n) is 7.76. The fourth-order valence-electron chi connectivity index (χ4n) is 2.80. The Morgan fingerprint density at radius 3 is 2.95 bits per heavy atom. The Balaban J connectivity index is 2.03. The maximum atomic E-state index is 12.7. The molecule has 0 aromatic heterocycles. The van der Waals surface area contributed by atoms with Gasteiger partial charge in [-0.25, -0.2) is 0 Å². The molecule has 1 N–H and O–H groups in total. The molecule has 3 nitrogen and oxygen atoms in total. The van der Waals surface area contributed by atoms with Crippen molar-refractivity contribution in [2.24, 2.45) is 5.92 Å².